The van der Waals surface area contributed by atoms with Crippen molar-refractivity contribution >= 4 is 6.29 Å². The highest BCUT2D eigenvalue weighted by atomic mass is 19.1. The number of rotatable bonds is 8. The highest BCUT2D eigenvalue weighted by Crippen LogP contribution is 2.18. The molecule has 21 heavy (non-hydrogen) atoms. The fraction of sp³-hybridized carbons (Fsp3) is 0.235. The molecule has 4 heteroatoms. The lowest BCUT2D eigenvalue weighted by Gasteiger charge is -2.08. The van der Waals surface area contributed by atoms with Crippen LogP contribution in [0.2, 0.25) is 0 Å². The van der Waals surface area contributed by atoms with E-state index in [4.69, 9.17) is 9.47 Å². The van der Waals surface area contributed by atoms with Gasteiger partial charge in [-0.05, 0) is 23.8 Å². The van der Waals surface area contributed by atoms with Crippen molar-refractivity contribution in [3.05, 3.63) is 65.5 Å². The molecule has 0 aromatic heterocycles. The monoisotopic (exact) mass is 288 g/mol. The third-order valence-corrected chi connectivity index (χ3v) is 2.89. The first-order valence-electron chi connectivity index (χ1n) is 6.79. The van der Waals surface area contributed by atoms with E-state index < -0.39 is 5.82 Å². The Hall–Kier alpha value is -2.20. The van der Waals surface area contributed by atoms with Crippen molar-refractivity contribution in [2.45, 2.75) is 13.0 Å². The summed E-state index contributed by atoms with van der Waals surface area (Å²) in [5.41, 5.74) is 1.51. The third-order valence-electron chi connectivity index (χ3n) is 2.89. The van der Waals surface area contributed by atoms with Gasteiger partial charge in [-0.25, -0.2) is 4.39 Å². The summed E-state index contributed by atoms with van der Waals surface area (Å²) in [7, 11) is 0. The maximum absolute atomic E-state index is 13.4. The standard InChI is InChI=1S/C17H17FO3/c18-16-8-7-15(12-19)11-17(16)21-10-4-9-20-13-14-5-2-1-3-6-14/h1-3,5-8,11-12H,4,9-10,13H2. The van der Waals surface area contributed by atoms with E-state index >= 15 is 0 Å². The number of halogens is 1. The molecule has 3 nitrogen and oxygen atoms in total. The summed E-state index contributed by atoms with van der Waals surface area (Å²) < 4.78 is 24.3. The van der Waals surface area contributed by atoms with E-state index in [-0.39, 0.29) is 5.75 Å². The topological polar surface area (TPSA) is 35.5 Å². The molecule has 110 valence electrons. The Kier molecular flexibility index (Phi) is 5.91. The van der Waals surface area contributed by atoms with Gasteiger partial charge in [0.05, 0.1) is 19.8 Å². The van der Waals surface area contributed by atoms with Crippen molar-refractivity contribution in [1.82, 2.24) is 0 Å². The number of aldehydes is 1. The summed E-state index contributed by atoms with van der Waals surface area (Å²) in [6.45, 7) is 1.42. The van der Waals surface area contributed by atoms with Gasteiger partial charge in [0.25, 0.3) is 0 Å². The summed E-state index contributed by atoms with van der Waals surface area (Å²) in [5, 5.41) is 0. The van der Waals surface area contributed by atoms with Crippen LogP contribution < -0.4 is 4.74 Å². The number of hydrogen-bond donors (Lipinski definition) is 0. The first-order chi connectivity index (χ1) is 10.3. The SMILES string of the molecule is O=Cc1ccc(F)c(OCCCOCc2ccccc2)c1. The molecule has 0 saturated carbocycles. The minimum absolute atomic E-state index is 0.0997. The maximum Gasteiger partial charge on any atom is 0.165 e. The largest absolute Gasteiger partial charge is 0.490 e. The normalized spacial score (nSPS) is 10.3. The van der Waals surface area contributed by atoms with Crippen LogP contribution in [0.15, 0.2) is 48.5 Å². The Morgan fingerprint density at radius 2 is 1.86 bits per heavy atom. The second kappa shape index (κ2) is 8.17. The minimum atomic E-state index is -0.467. The van der Waals surface area contributed by atoms with Crippen molar-refractivity contribution in [1.29, 1.82) is 0 Å². The number of hydrogen-bond acceptors (Lipinski definition) is 3. The van der Waals surface area contributed by atoms with Crippen LogP contribution in [-0.4, -0.2) is 19.5 Å². The van der Waals surface area contributed by atoms with Gasteiger partial charge in [-0.2, -0.15) is 0 Å². The van der Waals surface area contributed by atoms with Gasteiger partial charge < -0.3 is 9.47 Å². The first-order valence-corrected chi connectivity index (χ1v) is 6.79. The molecule has 0 aliphatic heterocycles. The highest BCUT2D eigenvalue weighted by Gasteiger charge is 2.04. The molecule has 0 aliphatic carbocycles. The predicted molar refractivity (Wildman–Crippen MR) is 78.0 cm³/mol. The van der Waals surface area contributed by atoms with Crippen LogP contribution in [0.1, 0.15) is 22.3 Å². The average Bonchev–Trinajstić information content (AvgIpc) is 2.53. The van der Waals surface area contributed by atoms with E-state index in [9.17, 15) is 9.18 Å². The summed E-state index contributed by atoms with van der Waals surface area (Å²) in [6.07, 6.45) is 1.31. The van der Waals surface area contributed by atoms with Crippen LogP contribution in [0.4, 0.5) is 4.39 Å². The Balaban J connectivity index is 1.67. The van der Waals surface area contributed by atoms with Crippen molar-refractivity contribution in [2.24, 2.45) is 0 Å². The van der Waals surface area contributed by atoms with Crippen LogP contribution in [-0.2, 0) is 11.3 Å². The zero-order chi connectivity index (χ0) is 14.9. The lowest BCUT2D eigenvalue weighted by molar-refractivity contribution is 0.106. The molecule has 2 aromatic rings. The summed E-state index contributed by atoms with van der Waals surface area (Å²) >= 11 is 0. The Morgan fingerprint density at radius 1 is 1.05 bits per heavy atom. The zero-order valence-electron chi connectivity index (χ0n) is 11.6. The molecule has 0 N–H and O–H groups in total. The lowest BCUT2D eigenvalue weighted by Crippen LogP contribution is -2.04. The molecule has 2 rings (SSSR count). The van der Waals surface area contributed by atoms with Gasteiger partial charge in [0, 0.05) is 12.0 Å². The quantitative estimate of drug-likeness (QED) is 0.549. The van der Waals surface area contributed by atoms with Crippen molar-refractivity contribution in [2.75, 3.05) is 13.2 Å². The van der Waals surface area contributed by atoms with E-state index in [0.29, 0.717) is 38.1 Å². The van der Waals surface area contributed by atoms with E-state index in [1.54, 1.807) is 0 Å². The molecule has 0 fully saturated rings. The maximum atomic E-state index is 13.4. The number of ether oxygens (including phenoxy) is 2. The molecular weight excluding hydrogens is 271 g/mol. The number of benzene rings is 2. The van der Waals surface area contributed by atoms with Crippen LogP contribution in [0, 0.1) is 5.82 Å². The minimum Gasteiger partial charge on any atom is -0.490 e. The van der Waals surface area contributed by atoms with Gasteiger partial charge >= 0.3 is 0 Å². The van der Waals surface area contributed by atoms with Gasteiger partial charge in [0.1, 0.15) is 6.29 Å². The van der Waals surface area contributed by atoms with Gasteiger partial charge in [-0.1, -0.05) is 30.3 Å². The molecular formula is C17H17FO3. The summed E-state index contributed by atoms with van der Waals surface area (Å²) in [6, 6.07) is 13.9. The van der Waals surface area contributed by atoms with Crippen molar-refractivity contribution in [3.8, 4) is 5.75 Å². The molecule has 0 saturated heterocycles. The Labute approximate surface area is 123 Å². The number of carbonyl (C=O) groups is 1. The summed E-state index contributed by atoms with van der Waals surface area (Å²) in [4.78, 5) is 10.6. The summed E-state index contributed by atoms with van der Waals surface area (Å²) in [5.74, 6) is -0.367. The van der Waals surface area contributed by atoms with Crippen molar-refractivity contribution < 1.29 is 18.7 Å². The highest BCUT2D eigenvalue weighted by molar-refractivity contribution is 5.75. The van der Waals surface area contributed by atoms with Crippen LogP contribution in [0.3, 0.4) is 0 Å². The Morgan fingerprint density at radius 3 is 2.62 bits per heavy atom. The lowest BCUT2D eigenvalue weighted by atomic mass is 10.2. The van der Waals surface area contributed by atoms with Gasteiger partial charge in [-0.3, -0.25) is 4.79 Å². The van der Waals surface area contributed by atoms with Gasteiger partial charge in [0.15, 0.2) is 11.6 Å². The molecule has 2 aromatic carbocycles. The fourth-order valence-electron chi connectivity index (χ4n) is 1.81. The van der Waals surface area contributed by atoms with Gasteiger partial charge in [-0.15, -0.1) is 0 Å². The van der Waals surface area contributed by atoms with Crippen LogP contribution >= 0.6 is 0 Å². The van der Waals surface area contributed by atoms with Gasteiger partial charge in [0.2, 0.25) is 0 Å². The molecule has 0 bridgehead atoms. The van der Waals surface area contributed by atoms with E-state index in [0.717, 1.165) is 5.56 Å². The van der Waals surface area contributed by atoms with Crippen LogP contribution in [0.5, 0.6) is 5.75 Å². The molecule has 0 aliphatic rings. The van der Waals surface area contributed by atoms with Crippen molar-refractivity contribution in [3.63, 3.8) is 0 Å². The molecule has 0 radical (unpaired) electrons. The number of carbonyl (C=O) groups excluding carboxylic acids is 1. The molecule has 0 unspecified atom stereocenters. The third kappa shape index (κ3) is 5.00. The second-order valence-electron chi connectivity index (χ2n) is 4.55. The predicted octanol–water partition coefficient (Wildman–Crippen LogP) is 3.62. The van der Waals surface area contributed by atoms with Crippen LogP contribution in [0.25, 0.3) is 0 Å². The Bertz CT molecular complexity index is 570. The smallest absolute Gasteiger partial charge is 0.165 e. The molecule has 0 amide bonds. The van der Waals surface area contributed by atoms with E-state index in [1.807, 2.05) is 30.3 Å². The average molecular weight is 288 g/mol. The second-order valence-corrected chi connectivity index (χ2v) is 4.55. The van der Waals surface area contributed by atoms with E-state index in [2.05, 4.69) is 0 Å². The fourth-order valence-corrected chi connectivity index (χ4v) is 1.81. The first kappa shape index (κ1) is 15.2. The molecule has 0 atom stereocenters. The molecule has 0 heterocycles. The zero-order valence-corrected chi connectivity index (χ0v) is 11.6. The molecule has 0 spiro atoms. The van der Waals surface area contributed by atoms with E-state index in [1.165, 1.54) is 18.2 Å².